The summed E-state index contributed by atoms with van der Waals surface area (Å²) in [6.45, 7) is 0.749. The Morgan fingerprint density at radius 3 is 2.58 bits per heavy atom. The highest BCUT2D eigenvalue weighted by molar-refractivity contribution is 5.81. The van der Waals surface area contributed by atoms with Gasteiger partial charge >= 0.3 is 6.03 Å². The number of benzene rings is 2. The Bertz CT molecular complexity index is 1050. The maximum absolute atomic E-state index is 12.9. The number of nitrogens with one attached hydrogen (secondary N) is 1. The molecule has 0 spiro atoms. The molecule has 1 aromatic heterocycles. The van der Waals surface area contributed by atoms with Crippen LogP contribution in [0.3, 0.4) is 0 Å². The number of amides is 2. The topological polar surface area (TPSA) is 67.6 Å². The van der Waals surface area contributed by atoms with E-state index in [9.17, 15) is 4.79 Å². The van der Waals surface area contributed by atoms with Gasteiger partial charge in [-0.15, -0.1) is 0 Å². The third-order valence-electron chi connectivity index (χ3n) is 6.56. The highest BCUT2D eigenvalue weighted by Gasteiger charge is 2.34. The zero-order valence-electron chi connectivity index (χ0n) is 18.0. The number of hydrogen-bond acceptors (Lipinski definition) is 4. The minimum absolute atomic E-state index is 0.0237. The Labute approximate surface area is 182 Å². The molecule has 1 saturated heterocycles. The number of methoxy groups -OCH3 is 1. The van der Waals surface area contributed by atoms with Crippen molar-refractivity contribution in [3.8, 4) is 16.9 Å². The summed E-state index contributed by atoms with van der Waals surface area (Å²) in [5.41, 5.74) is 3.75. The van der Waals surface area contributed by atoms with Crippen LogP contribution in [0.2, 0.25) is 0 Å². The second-order valence-electron chi connectivity index (χ2n) is 8.60. The van der Waals surface area contributed by atoms with Crippen molar-refractivity contribution in [2.45, 2.75) is 57.0 Å². The van der Waals surface area contributed by atoms with Crippen molar-refractivity contribution in [2.75, 3.05) is 13.7 Å². The van der Waals surface area contributed by atoms with Gasteiger partial charge in [0.05, 0.1) is 7.11 Å². The summed E-state index contributed by atoms with van der Waals surface area (Å²) in [6, 6.07) is 14.3. The van der Waals surface area contributed by atoms with E-state index in [0.29, 0.717) is 11.9 Å². The van der Waals surface area contributed by atoms with Crippen molar-refractivity contribution in [3.63, 3.8) is 0 Å². The van der Waals surface area contributed by atoms with Gasteiger partial charge in [-0.1, -0.05) is 37.5 Å². The fraction of sp³-hybridized carbons (Fsp3) is 0.440. The summed E-state index contributed by atoms with van der Waals surface area (Å²) in [5, 5.41) is 3.24. The van der Waals surface area contributed by atoms with E-state index in [1.165, 1.54) is 19.3 Å². The molecule has 2 amide bonds. The summed E-state index contributed by atoms with van der Waals surface area (Å²) in [6.07, 6.45) is 7.71. The first-order valence-electron chi connectivity index (χ1n) is 11.3. The Balaban J connectivity index is 1.35. The molecule has 0 bridgehead atoms. The van der Waals surface area contributed by atoms with Crippen LogP contribution in [0.25, 0.3) is 22.2 Å². The van der Waals surface area contributed by atoms with Gasteiger partial charge in [0.15, 0.2) is 5.58 Å². The van der Waals surface area contributed by atoms with Crippen LogP contribution in [0, 0.1) is 0 Å². The van der Waals surface area contributed by atoms with Gasteiger partial charge in [0.2, 0.25) is 5.89 Å². The summed E-state index contributed by atoms with van der Waals surface area (Å²) in [5.74, 6) is 1.47. The molecule has 31 heavy (non-hydrogen) atoms. The van der Waals surface area contributed by atoms with Crippen molar-refractivity contribution in [1.29, 1.82) is 0 Å². The van der Waals surface area contributed by atoms with Crippen LogP contribution in [0.5, 0.6) is 5.75 Å². The number of urea groups is 1. The molecule has 3 aromatic rings. The fourth-order valence-electron chi connectivity index (χ4n) is 4.82. The molecule has 1 saturated carbocycles. The second kappa shape index (κ2) is 8.61. The lowest BCUT2D eigenvalue weighted by Gasteiger charge is -2.28. The molecule has 1 atom stereocenters. The van der Waals surface area contributed by atoms with E-state index in [2.05, 4.69) is 5.32 Å². The first kappa shape index (κ1) is 19.9. The number of hydrogen-bond donors (Lipinski definition) is 1. The van der Waals surface area contributed by atoms with Crippen LogP contribution in [0.15, 0.2) is 46.9 Å². The Morgan fingerprint density at radius 1 is 1.03 bits per heavy atom. The summed E-state index contributed by atoms with van der Waals surface area (Å²) >= 11 is 0. The van der Waals surface area contributed by atoms with Gasteiger partial charge in [-0.25, -0.2) is 9.78 Å². The lowest BCUT2D eigenvalue weighted by atomic mass is 9.96. The van der Waals surface area contributed by atoms with Crippen molar-refractivity contribution in [1.82, 2.24) is 15.2 Å². The lowest BCUT2D eigenvalue weighted by molar-refractivity contribution is 0.178. The normalized spacial score (nSPS) is 19.6. The molecule has 2 fully saturated rings. The van der Waals surface area contributed by atoms with Crippen molar-refractivity contribution < 1.29 is 13.9 Å². The quantitative estimate of drug-likeness (QED) is 0.590. The number of aromatic nitrogens is 1. The van der Waals surface area contributed by atoms with Crippen molar-refractivity contribution in [3.05, 3.63) is 48.4 Å². The number of carbonyl (C=O) groups excluding carboxylic acids is 1. The number of carbonyl (C=O) groups is 1. The molecule has 1 aliphatic heterocycles. The molecule has 1 aliphatic carbocycles. The van der Waals surface area contributed by atoms with Crippen LogP contribution in [0.4, 0.5) is 4.79 Å². The molecule has 0 radical (unpaired) electrons. The number of rotatable bonds is 4. The van der Waals surface area contributed by atoms with E-state index in [1.807, 2.05) is 47.4 Å². The Kier molecular flexibility index (Phi) is 5.53. The number of oxazole rings is 1. The first-order valence-corrected chi connectivity index (χ1v) is 11.3. The number of ether oxygens (including phenoxy) is 1. The molecule has 2 aliphatic rings. The zero-order chi connectivity index (χ0) is 21.2. The SMILES string of the molecule is COc1ccc(-c2ccc3oc([C@H]4CCCN4C(=O)NC4CCCCC4)nc3c2)cc1. The smallest absolute Gasteiger partial charge is 0.318 e. The number of likely N-dealkylation sites (tertiary alicyclic amines) is 1. The molecule has 6 heteroatoms. The molecule has 0 unspecified atom stereocenters. The second-order valence-corrected chi connectivity index (χ2v) is 8.60. The van der Waals surface area contributed by atoms with Crippen LogP contribution in [-0.2, 0) is 0 Å². The number of fused-ring (bicyclic) bond motifs is 1. The van der Waals surface area contributed by atoms with Gasteiger partial charge in [-0.05, 0) is 61.1 Å². The van der Waals surface area contributed by atoms with Gasteiger partial charge in [-0.3, -0.25) is 0 Å². The van der Waals surface area contributed by atoms with Gasteiger partial charge < -0.3 is 19.4 Å². The predicted molar refractivity (Wildman–Crippen MR) is 120 cm³/mol. The number of nitrogens with zero attached hydrogens (tertiary/aromatic N) is 2. The van der Waals surface area contributed by atoms with Gasteiger partial charge in [0.25, 0.3) is 0 Å². The minimum atomic E-state index is -0.0968. The van der Waals surface area contributed by atoms with Crippen LogP contribution >= 0.6 is 0 Å². The average Bonchev–Trinajstić information content (AvgIpc) is 3.46. The van der Waals surface area contributed by atoms with E-state index in [-0.39, 0.29) is 12.1 Å². The van der Waals surface area contributed by atoms with E-state index in [1.54, 1.807) is 7.11 Å². The first-order chi connectivity index (χ1) is 15.2. The molecule has 2 heterocycles. The fourth-order valence-corrected chi connectivity index (χ4v) is 4.82. The zero-order valence-corrected chi connectivity index (χ0v) is 18.0. The van der Waals surface area contributed by atoms with E-state index >= 15 is 0 Å². The highest BCUT2D eigenvalue weighted by atomic mass is 16.5. The molecule has 162 valence electrons. The molecule has 5 rings (SSSR count). The standard InChI is InChI=1S/C25H29N3O3/c1-30-20-12-9-17(10-13-20)18-11-14-23-21(16-18)27-24(31-23)22-8-5-15-28(22)25(29)26-19-6-3-2-4-7-19/h9-14,16,19,22H,2-8,15H2,1H3,(H,26,29)/t22-/m1/s1. The molecule has 1 N–H and O–H groups in total. The lowest BCUT2D eigenvalue weighted by Crippen LogP contribution is -2.45. The minimum Gasteiger partial charge on any atom is -0.497 e. The Morgan fingerprint density at radius 2 is 1.81 bits per heavy atom. The third kappa shape index (κ3) is 4.11. The maximum Gasteiger partial charge on any atom is 0.318 e. The summed E-state index contributed by atoms with van der Waals surface area (Å²) < 4.78 is 11.3. The molecule has 2 aromatic carbocycles. The summed E-state index contributed by atoms with van der Waals surface area (Å²) in [7, 11) is 1.67. The summed E-state index contributed by atoms with van der Waals surface area (Å²) in [4.78, 5) is 19.6. The van der Waals surface area contributed by atoms with Crippen LogP contribution in [0.1, 0.15) is 56.9 Å². The van der Waals surface area contributed by atoms with Crippen molar-refractivity contribution in [2.24, 2.45) is 0 Å². The van der Waals surface area contributed by atoms with Crippen LogP contribution < -0.4 is 10.1 Å². The van der Waals surface area contributed by atoms with Gasteiger partial charge in [0, 0.05) is 12.6 Å². The van der Waals surface area contributed by atoms with E-state index in [0.717, 1.165) is 60.2 Å². The predicted octanol–water partition coefficient (Wildman–Crippen LogP) is 5.68. The molecular weight excluding hydrogens is 390 g/mol. The van der Waals surface area contributed by atoms with Gasteiger partial charge in [0.1, 0.15) is 17.3 Å². The largest absolute Gasteiger partial charge is 0.497 e. The van der Waals surface area contributed by atoms with Crippen molar-refractivity contribution >= 4 is 17.1 Å². The van der Waals surface area contributed by atoms with Gasteiger partial charge in [-0.2, -0.15) is 0 Å². The van der Waals surface area contributed by atoms with Crippen LogP contribution in [-0.4, -0.2) is 35.6 Å². The maximum atomic E-state index is 12.9. The van der Waals surface area contributed by atoms with E-state index in [4.69, 9.17) is 14.1 Å². The highest BCUT2D eigenvalue weighted by Crippen LogP contribution is 2.34. The Hall–Kier alpha value is -3.02. The monoisotopic (exact) mass is 419 g/mol. The average molecular weight is 420 g/mol. The van der Waals surface area contributed by atoms with E-state index < -0.39 is 0 Å². The molecular formula is C25H29N3O3. The molecule has 6 nitrogen and oxygen atoms in total. The third-order valence-corrected chi connectivity index (χ3v) is 6.56.